The van der Waals surface area contributed by atoms with Crippen molar-refractivity contribution in [3.63, 3.8) is 0 Å². The maximum atomic E-state index is 12.4. The van der Waals surface area contributed by atoms with Crippen molar-refractivity contribution in [1.82, 2.24) is 4.57 Å². The monoisotopic (exact) mass is 297 g/mol. The Labute approximate surface area is 129 Å². The van der Waals surface area contributed by atoms with E-state index in [4.69, 9.17) is 9.47 Å². The molecule has 1 aliphatic heterocycles. The van der Waals surface area contributed by atoms with Crippen LogP contribution in [-0.2, 0) is 6.42 Å². The van der Waals surface area contributed by atoms with Gasteiger partial charge in [-0.3, -0.25) is 4.79 Å². The average molecular weight is 297 g/mol. The van der Waals surface area contributed by atoms with Crippen molar-refractivity contribution in [2.75, 3.05) is 6.79 Å². The maximum absolute atomic E-state index is 12.4. The molecule has 0 unspecified atom stereocenters. The van der Waals surface area contributed by atoms with Crippen molar-refractivity contribution in [3.8, 4) is 17.2 Å². The number of nitrogens with zero attached hydrogens (tertiary/aromatic N) is 1. The third kappa shape index (κ3) is 1.94. The number of carbonyl (C=O) groups excluding carboxylic acids is 1. The largest absolute Gasteiger partial charge is 0.454 e. The number of Topliss-reactive ketones (excluding diaryl/α,β-unsaturated/α-hetero) is 1. The van der Waals surface area contributed by atoms with Crippen molar-refractivity contribution >= 4 is 5.78 Å². The van der Waals surface area contributed by atoms with E-state index >= 15 is 0 Å². The fourth-order valence-electron chi connectivity index (χ4n) is 3.54. The number of aromatic nitrogens is 1. The van der Waals surface area contributed by atoms with Gasteiger partial charge >= 0.3 is 0 Å². The summed E-state index contributed by atoms with van der Waals surface area (Å²) < 4.78 is 13.0. The fourth-order valence-corrected chi connectivity index (χ4v) is 3.54. The van der Waals surface area contributed by atoms with Crippen LogP contribution in [0.4, 0.5) is 0 Å². The van der Waals surface area contributed by atoms with Crippen LogP contribution in [0.3, 0.4) is 0 Å². The molecule has 1 aliphatic carbocycles. The van der Waals surface area contributed by atoms with E-state index < -0.39 is 0 Å². The third-order valence-electron chi connectivity index (χ3n) is 4.49. The van der Waals surface area contributed by atoms with Crippen molar-refractivity contribution in [2.24, 2.45) is 5.41 Å². The molecule has 2 aromatic rings. The topological polar surface area (TPSA) is 40.5 Å². The van der Waals surface area contributed by atoms with Gasteiger partial charge in [0, 0.05) is 35.1 Å². The summed E-state index contributed by atoms with van der Waals surface area (Å²) in [6, 6.07) is 7.95. The molecule has 2 heterocycles. The zero-order valence-electron chi connectivity index (χ0n) is 13.1. The Balaban J connectivity index is 1.88. The van der Waals surface area contributed by atoms with Crippen LogP contribution in [-0.4, -0.2) is 17.1 Å². The van der Waals surface area contributed by atoms with Gasteiger partial charge in [0.25, 0.3) is 0 Å². The van der Waals surface area contributed by atoms with Crippen molar-refractivity contribution in [3.05, 3.63) is 41.2 Å². The quantitative estimate of drug-likeness (QED) is 0.806. The molecule has 1 aromatic carbocycles. The van der Waals surface area contributed by atoms with E-state index in [9.17, 15) is 4.79 Å². The number of benzene rings is 1. The fraction of sp³-hybridized carbons (Fsp3) is 0.389. The highest BCUT2D eigenvalue weighted by Crippen LogP contribution is 2.39. The lowest BCUT2D eigenvalue weighted by molar-refractivity contribution is 0.0911. The zero-order chi connectivity index (χ0) is 15.5. The first-order valence-corrected chi connectivity index (χ1v) is 7.59. The molecule has 114 valence electrons. The Morgan fingerprint density at radius 3 is 2.68 bits per heavy atom. The molecule has 4 heteroatoms. The van der Waals surface area contributed by atoms with Crippen LogP contribution in [0.2, 0.25) is 0 Å². The lowest BCUT2D eigenvalue weighted by atomic mass is 9.76. The molecule has 22 heavy (non-hydrogen) atoms. The summed E-state index contributed by atoms with van der Waals surface area (Å²) in [5, 5.41) is 0. The first-order valence-electron chi connectivity index (χ1n) is 7.59. The molecule has 0 bridgehead atoms. The maximum Gasteiger partial charge on any atom is 0.231 e. The minimum atomic E-state index is 0.00294. The molecule has 4 rings (SSSR count). The predicted octanol–water partition coefficient (Wildman–Crippen LogP) is 3.67. The van der Waals surface area contributed by atoms with Crippen LogP contribution in [0.15, 0.2) is 24.3 Å². The highest BCUT2D eigenvalue weighted by atomic mass is 16.7. The molecular formula is C18H19NO3. The van der Waals surface area contributed by atoms with Crippen molar-refractivity contribution < 1.29 is 14.3 Å². The van der Waals surface area contributed by atoms with E-state index in [1.165, 1.54) is 0 Å². The van der Waals surface area contributed by atoms with Gasteiger partial charge in [-0.1, -0.05) is 13.8 Å². The van der Waals surface area contributed by atoms with Crippen LogP contribution < -0.4 is 9.47 Å². The van der Waals surface area contributed by atoms with Gasteiger partial charge < -0.3 is 14.0 Å². The predicted molar refractivity (Wildman–Crippen MR) is 83.1 cm³/mol. The molecular weight excluding hydrogens is 278 g/mol. The highest BCUT2D eigenvalue weighted by molar-refractivity contribution is 5.99. The van der Waals surface area contributed by atoms with Crippen LogP contribution >= 0.6 is 0 Å². The van der Waals surface area contributed by atoms with Gasteiger partial charge in [0.05, 0.1) is 0 Å². The second kappa shape index (κ2) is 4.38. The normalized spacial score (nSPS) is 18.4. The van der Waals surface area contributed by atoms with E-state index in [0.717, 1.165) is 40.6 Å². The Kier molecular flexibility index (Phi) is 2.68. The molecule has 4 nitrogen and oxygen atoms in total. The number of ether oxygens (including phenoxy) is 2. The summed E-state index contributed by atoms with van der Waals surface area (Å²) in [5.74, 6) is 1.79. The van der Waals surface area contributed by atoms with E-state index in [-0.39, 0.29) is 18.0 Å². The van der Waals surface area contributed by atoms with E-state index in [2.05, 4.69) is 18.4 Å². The molecule has 2 aliphatic rings. The van der Waals surface area contributed by atoms with Gasteiger partial charge in [-0.2, -0.15) is 0 Å². The number of fused-ring (bicyclic) bond motifs is 2. The van der Waals surface area contributed by atoms with Crippen molar-refractivity contribution in [1.29, 1.82) is 0 Å². The standard InChI is InChI=1S/C18H19NO3/c1-11-6-13-14(8-18(2,3)9-15(13)20)19(11)12-4-5-16-17(7-12)22-10-21-16/h4-7H,8-10H2,1-3H3. The summed E-state index contributed by atoms with van der Waals surface area (Å²) in [6.45, 7) is 6.62. The van der Waals surface area contributed by atoms with E-state index in [0.29, 0.717) is 6.42 Å². The average Bonchev–Trinajstić information content (AvgIpc) is 3.00. The molecule has 0 saturated heterocycles. The third-order valence-corrected chi connectivity index (χ3v) is 4.49. The zero-order valence-corrected chi connectivity index (χ0v) is 13.1. The van der Waals surface area contributed by atoms with E-state index in [1.807, 2.05) is 31.2 Å². The van der Waals surface area contributed by atoms with Gasteiger partial charge in [-0.25, -0.2) is 0 Å². The molecule has 0 N–H and O–H groups in total. The summed E-state index contributed by atoms with van der Waals surface area (Å²) in [7, 11) is 0. The Morgan fingerprint density at radius 1 is 1.09 bits per heavy atom. The number of aryl methyl sites for hydroxylation is 1. The lowest BCUT2D eigenvalue weighted by Crippen LogP contribution is -2.27. The molecule has 1 aromatic heterocycles. The van der Waals surface area contributed by atoms with Gasteiger partial charge in [-0.15, -0.1) is 0 Å². The Morgan fingerprint density at radius 2 is 1.86 bits per heavy atom. The van der Waals surface area contributed by atoms with E-state index in [1.54, 1.807) is 0 Å². The summed E-state index contributed by atoms with van der Waals surface area (Å²) in [4.78, 5) is 12.4. The highest BCUT2D eigenvalue weighted by Gasteiger charge is 2.34. The smallest absolute Gasteiger partial charge is 0.231 e. The Bertz CT molecular complexity index is 786. The molecule has 0 spiro atoms. The SMILES string of the molecule is Cc1cc2c(n1-c1ccc3c(c1)OCO3)CC(C)(C)CC2=O. The number of hydrogen-bond acceptors (Lipinski definition) is 3. The number of hydrogen-bond donors (Lipinski definition) is 0. The van der Waals surface area contributed by atoms with Crippen LogP contribution in [0, 0.1) is 12.3 Å². The van der Waals surface area contributed by atoms with Gasteiger partial charge in [0.15, 0.2) is 17.3 Å². The van der Waals surface area contributed by atoms with Crippen molar-refractivity contribution in [2.45, 2.75) is 33.6 Å². The molecule has 0 saturated carbocycles. The Hall–Kier alpha value is -2.23. The first kappa shape index (κ1) is 13.4. The molecule has 0 amide bonds. The molecule has 0 atom stereocenters. The second-order valence-corrected chi connectivity index (χ2v) is 6.96. The van der Waals surface area contributed by atoms with Crippen LogP contribution in [0.5, 0.6) is 11.5 Å². The molecule has 0 fully saturated rings. The first-order chi connectivity index (χ1) is 10.4. The minimum Gasteiger partial charge on any atom is -0.454 e. The summed E-state index contributed by atoms with van der Waals surface area (Å²) >= 11 is 0. The number of carbonyl (C=O) groups is 1. The summed E-state index contributed by atoms with van der Waals surface area (Å²) in [6.07, 6.45) is 1.51. The lowest BCUT2D eigenvalue weighted by Gasteiger charge is -2.29. The number of rotatable bonds is 1. The number of ketones is 1. The van der Waals surface area contributed by atoms with Gasteiger partial charge in [-0.05, 0) is 37.0 Å². The minimum absolute atomic E-state index is 0.00294. The molecule has 0 radical (unpaired) electrons. The van der Waals surface area contributed by atoms with Gasteiger partial charge in [0.2, 0.25) is 6.79 Å². The van der Waals surface area contributed by atoms with Crippen LogP contribution in [0.1, 0.15) is 42.0 Å². The van der Waals surface area contributed by atoms with Crippen LogP contribution in [0.25, 0.3) is 5.69 Å². The van der Waals surface area contributed by atoms with Gasteiger partial charge in [0.1, 0.15) is 0 Å². The summed E-state index contributed by atoms with van der Waals surface area (Å²) in [5.41, 5.74) is 4.08. The second-order valence-electron chi connectivity index (χ2n) is 6.96.